The highest BCUT2D eigenvalue weighted by molar-refractivity contribution is 7.89. The first-order valence-electron chi connectivity index (χ1n) is 8.49. The second kappa shape index (κ2) is 9.77. The third-order valence-corrected chi connectivity index (χ3v) is 5.02. The predicted molar refractivity (Wildman–Crippen MR) is 107 cm³/mol. The number of para-hydroxylation sites is 1. The van der Waals surface area contributed by atoms with Crippen molar-refractivity contribution in [1.82, 2.24) is 10.1 Å². The van der Waals surface area contributed by atoms with Gasteiger partial charge in [0.05, 0.1) is 17.9 Å². The summed E-state index contributed by atoms with van der Waals surface area (Å²) >= 11 is 0. The van der Waals surface area contributed by atoms with E-state index < -0.39 is 22.5 Å². The molecule has 0 aromatic heterocycles. The summed E-state index contributed by atoms with van der Waals surface area (Å²) in [6, 6.07) is 15.2. The van der Waals surface area contributed by atoms with E-state index in [4.69, 9.17) is 0 Å². The lowest BCUT2D eigenvalue weighted by Gasteiger charge is -2.07. The molecular formula is C19H22N4O4S. The molecule has 0 saturated heterocycles. The second-order valence-corrected chi connectivity index (χ2v) is 7.88. The summed E-state index contributed by atoms with van der Waals surface area (Å²) in [5.41, 5.74) is 4.20. The zero-order valence-electron chi connectivity index (χ0n) is 15.6. The Morgan fingerprint density at radius 3 is 2.25 bits per heavy atom. The summed E-state index contributed by atoms with van der Waals surface area (Å²) in [7, 11) is -3.79. The van der Waals surface area contributed by atoms with Gasteiger partial charge in [-0.2, -0.15) is 5.10 Å². The smallest absolute Gasteiger partial charge is 0.255 e. The lowest BCUT2D eigenvalue weighted by molar-refractivity contribution is -0.120. The minimum Gasteiger partial charge on any atom is -0.326 e. The van der Waals surface area contributed by atoms with E-state index in [2.05, 4.69) is 20.6 Å². The molecule has 0 heterocycles. The predicted octanol–water partition coefficient (Wildman–Crippen LogP) is 1.79. The zero-order chi connectivity index (χ0) is 20.6. The van der Waals surface area contributed by atoms with Gasteiger partial charge in [-0.3, -0.25) is 9.59 Å². The van der Waals surface area contributed by atoms with Crippen LogP contribution in [0.3, 0.4) is 0 Å². The first-order valence-corrected chi connectivity index (χ1v) is 9.98. The van der Waals surface area contributed by atoms with Crippen LogP contribution in [0.25, 0.3) is 0 Å². The number of hydrogen-bond acceptors (Lipinski definition) is 5. The molecule has 0 aliphatic carbocycles. The van der Waals surface area contributed by atoms with Gasteiger partial charge in [0.25, 0.3) is 5.91 Å². The number of anilines is 1. The summed E-state index contributed by atoms with van der Waals surface area (Å²) in [4.78, 5) is 23.8. The molecule has 2 amide bonds. The Kier molecular flexibility index (Phi) is 7.42. The molecule has 0 saturated carbocycles. The molecule has 2 aromatic carbocycles. The number of aryl methyl sites for hydroxylation is 1. The van der Waals surface area contributed by atoms with E-state index in [1.807, 2.05) is 13.0 Å². The van der Waals surface area contributed by atoms with Crippen molar-refractivity contribution in [3.05, 3.63) is 60.2 Å². The van der Waals surface area contributed by atoms with Crippen molar-refractivity contribution < 1.29 is 18.0 Å². The van der Waals surface area contributed by atoms with E-state index >= 15 is 0 Å². The normalized spacial score (nSPS) is 11.7. The lowest BCUT2D eigenvalue weighted by atomic mass is 10.2. The topological polar surface area (TPSA) is 117 Å². The van der Waals surface area contributed by atoms with Crippen LogP contribution in [0.5, 0.6) is 0 Å². The summed E-state index contributed by atoms with van der Waals surface area (Å²) in [5.74, 6) is -0.916. The standard InChI is InChI=1S/C19H22N4O4S/c1-14-8-10-17(11-9-14)28(26,27)20-13-19(25)23-22-15(2)12-18(24)21-16-6-4-3-5-7-16/h3-11,20H,12-13H2,1-2H3,(H,21,24)(H,23,25)/b22-15-. The number of hydrogen-bond donors (Lipinski definition) is 3. The minimum atomic E-state index is -3.79. The van der Waals surface area contributed by atoms with Gasteiger partial charge in [0, 0.05) is 11.4 Å². The summed E-state index contributed by atoms with van der Waals surface area (Å²) in [6.45, 7) is 2.96. The van der Waals surface area contributed by atoms with Crippen molar-refractivity contribution in [1.29, 1.82) is 0 Å². The number of nitrogens with zero attached hydrogens (tertiary/aromatic N) is 1. The van der Waals surface area contributed by atoms with Crippen LogP contribution in [0.15, 0.2) is 64.6 Å². The van der Waals surface area contributed by atoms with Gasteiger partial charge >= 0.3 is 0 Å². The third kappa shape index (κ3) is 6.93. The van der Waals surface area contributed by atoms with Crippen molar-refractivity contribution in [3.63, 3.8) is 0 Å². The zero-order valence-corrected chi connectivity index (χ0v) is 16.4. The van der Waals surface area contributed by atoms with E-state index in [0.29, 0.717) is 11.4 Å². The van der Waals surface area contributed by atoms with E-state index in [1.54, 1.807) is 43.3 Å². The van der Waals surface area contributed by atoms with Gasteiger partial charge < -0.3 is 5.32 Å². The Bertz CT molecular complexity index is 955. The fourth-order valence-corrected chi connectivity index (χ4v) is 3.14. The Morgan fingerprint density at radius 1 is 0.964 bits per heavy atom. The van der Waals surface area contributed by atoms with Gasteiger partial charge in [-0.15, -0.1) is 0 Å². The first-order chi connectivity index (χ1) is 13.3. The molecule has 0 atom stereocenters. The van der Waals surface area contributed by atoms with Crippen molar-refractivity contribution in [2.24, 2.45) is 5.10 Å². The average molecular weight is 402 g/mol. The fraction of sp³-hybridized carbons (Fsp3) is 0.211. The maximum Gasteiger partial charge on any atom is 0.255 e. The molecule has 2 aromatic rings. The second-order valence-electron chi connectivity index (χ2n) is 6.11. The van der Waals surface area contributed by atoms with Crippen LogP contribution in [-0.4, -0.2) is 32.5 Å². The monoisotopic (exact) mass is 402 g/mol. The van der Waals surface area contributed by atoms with Crippen molar-refractivity contribution in [2.75, 3.05) is 11.9 Å². The number of carbonyl (C=O) groups is 2. The van der Waals surface area contributed by atoms with Crippen LogP contribution in [0.1, 0.15) is 18.9 Å². The number of amides is 2. The average Bonchev–Trinajstić information content (AvgIpc) is 2.66. The van der Waals surface area contributed by atoms with E-state index in [9.17, 15) is 18.0 Å². The Hall–Kier alpha value is -3.04. The quantitative estimate of drug-likeness (QED) is 0.461. The first kappa shape index (κ1) is 21.3. The maximum atomic E-state index is 12.1. The largest absolute Gasteiger partial charge is 0.326 e. The number of carbonyl (C=O) groups excluding carboxylic acids is 2. The number of nitrogens with one attached hydrogen (secondary N) is 3. The van der Waals surface area contributed by atoms with Gasteiger partial charge in [-0.05, 0) is 38.1 Å². The fourth-order valence-electron chi connectivity index (χ4n) is 2.16. The molecule has 0 spiro atoms. The minimum absolute atomic E-state index is 0.00965. The number of benzene rings is 2. The highest BCUT2D eigenvalue weighted by Gasteiger charge is 2.15. The third-order valence-electron chi connectivity index (χ3n) is 3.60. The highest BCUT2D eigenvalue weighted by Crippen LogP contribution is 2.09. The molecule has 28 heavy (non-hydrogen) atoms. The van der Waals surface area contributed by atoms with E-state index in [1.165, 1.54) is 12.1 Å². The Labute approximate surface area is 164 Å². The SMILES string of the molecule is C/C(CC(=O)Nc1ccccc1)=N/NC(=O)CNS(=O)(=O)c1ccc(C)cc1. The number of hydrazone groups is 1. The molecule has 0 bridgehead atoms. The summed E-state index contributed by atoms with van der Waals surface area (Å²) in [6.07, 6.45) is -0.00965. The molecule has 3 N–H and O–H groups in total. The van der Waals surface area contributed by atoms with Crippen LogP contribution in [0.4, 0.5) is 5.69 Å². The maximum absolute atomic E-state index is 12.1. The van der Waals surface area contributed by atoms with Crippen molar-refractivity contribution in [3.8, 4) is 0 Å². The summed E-state index contributed by atoms with van der Waals surface area (Å²) in [5, 5.41) is 6.52. The summed E-state index contributed by atoms with van der Waals surface area (Å²) < 4.78 is 26.5. The molecule has 9 heteroatoms. The van der Waals surface area contributed by atoms with Gasteiger partial charge in [0.1, 0.15) is 0 Å². The van der Waals surface area contributed by atoms with Crippen LogP contribution in [-0.2, 0) is 19.6 Å². The lowest BCUT2D eigenvalue weighted by Crippen LogP contribution is -2.35. The molecular weight excluding hydrogens is 380 g/mol. The Morgan fingerprint density at radius 2 is 1.61 bits per heavy atom. The Balaban J connectivity index is 1.80. The van der Waals surface area contributed by atoms with Gasteiger partial charge in [-0.25, -0.2) is 18.6 Å². The van der Waals surface area contributed by atoms with Crippen LogP contribution >= 0.6 is 0 Å². The van der Waals surface area contributed by atoms with Crippen molar-refractivity contribution >= 4 is 33.2 Å². The van der Waals surface area contributed by atoms with E-state index in [-0.39, 0.29) is 17.2 Å². The van der Waals surface area contributed by atoms with Crippen LogP contribution in [0, 0.1) is 6.92 Å². The number of sulfonamides is 1. The molecule has 2 rings (SSSR count). The van der Waals surface area contributed by atoms with Gasteiger partial charge in [0.2, 0.25) is 15.9 Å². The van der Waals surface area contributed by atoms with Crippen LogP contribution in [0.2, 0.25) is 0 Å². The molecule has 148 valence electrons. The molecule has 0 radical (unpaired) electrons. The molecule has 0 fully saturated rings. The van der Waals surface area contributed by atoms with Gasteiger partial charge in [-0.1, -0.05) is 35.9 Å². The molecule has 8 nitrogen and oxygen atoms in total. The van der Waals surface area contributed by atoms with Crippen molar-refractivity contribution in [2.45, 2.75) is 25.2 Å². The molecule has 0 aliphatic heterocycles. The number of rotatable bonds is 8. The molecule has 0 aliphatic rings. The van der Waals surface area contributed by atoms with Gasteiger partial charge in [0.15, 0.2) is 0 Å². The molecule has 0 unspecified atom stereocenters. The van der Waals surface area contributed by atoms with E-state index in [0.717, 1.165) is 5.56 Å². The highest BCUT2D eigenvalue weighted by atomic mass is 32.2. The van der Waals surface area contributed by atoms with Crippen LogP contribution < -0.4 is 15.5 Å².